The lowest BCUT2D eigenvalue weighted by Crippen LogP contribution is -2.42. The van der Waals surface area contributed by atoms with Crippen LogP contribution < -0.4 is 10.9 Å². The van der Waals surface area contributed by atoms with Gasteiger partial charge >= 0.3 is 6.92 Å². The van der Waals surface area contributed by atoms with Crippen LogP contribution in [0.2, 0.25) is 0 Å². The standard InChI is InChI=1S/C18H15BO/c20-19(17-9-5-2-6-10-17)18-13-11-16(12-14-18)15-7-3-1-4-8-15/h1-14,20H. The molecule has 3 aromatic carbocycles. The number of hydrogen-bond donors (Lipinski definition) is 1. The van der Waals surface area contributed by atoms with E-state index in [1.54, 1.807) is 0 Å². The zero-order valence-corrected chi connectivity index (χ0v) is 11.1. The molecule has 0 amide bonds. The summed E-state index contributed by atoms with van der Waals surface area (Å²) in [5, 5.41) is 10.4. The van der Waals surface area contributed by atoms with Crippen molar-refractivity contribution in [3.05, 3.63) is 84.9 Å². The van der Waals surface area contributed by atoms with Gasteiger partial charge in [0, 0.05) is 0 Å². The Labute approximate surface area is 119 Å². The molecule has 0 aromatic heterocycles. The van der Waals surface area contributed by atoms with Gasteiger partial charge in [0.1, 0.15) is 0 Å². The Morgan fingerprint density at radius 1 is 0.500 bits per heavy atom. The van der Waals surface area contributed by atoms with Crippen molar-refractivity contribution >= 4 is 17.8 Å². The average molecular weight is 258 g/mol. The Kier molecular flexibility index (Phi) is 3.66. The maximum Gasteiger partial charge on any atom is 0.358 e. The third-order valence-corrected chi connectivity index (χ3v) is 3.45. The van der Waals surface area contributed by atoms with Gasteiger partial charge in [-0.05, 0) is 22.1 Å². The van der Waals surface area contributed by atoms with Crippen LogP contribution in [0.3, 0.4) is 0 Å². The van der Waals surface area contributed by atoms with Gasteiger partial charge in [-0.1, -0.05) is 84.9 Å². The molecule has 2 heteroatoms. The van der Waals surface area contributed by atoms with Crippen LogP contribution in [0, 0.1) is 0 Å². The summed E-state index contributed by atoms with van der Waals surface area (Å²) in [7, 11) is 0. The van der Waals surface area contributed by atoms with E-state index in [2.05, 4.69) is 24.3 Å². The van der Waals surface area contributed by atoms with Crippen LogP contribution in [0.4, 0.5) is 0 Å². The van der Waals surface area contributed by atoms with E-state index in [0.717, 1.165) is 16.5 Å². The van der Waals surface area contributed by atoms with Gasteiger partial charge in [-0.3, -0.25) is 0 Å². The Morgan fingerprint density at radius 3 is 1.55 bits per heavy atom. The highest BCUT2D eigenvalue weighted by Crippen LogP contribution is 2.17. The average Bonchev–Trinajstić information content (AvgIpc) is 2.56. The van der Waals surface area contributed by atoms with Gasteiger partial charge in [0.2, 0.25) is 0 Å². The lowest BCUT2D eigenvalue weighted by Gasteiger charge is -2.08. The largest absolute Gasteiger partial charge is 0.443 e. The Balaban J connectivity index is 1.87. The van der Waals surface area contributed by atoms with Crippen LogP contribution in [-0.2, 0) is 0 Å². The van der Waals surface area contributed by atoms with E-state index in [1.165, 1.54) is 5.56 Å². The van der Waals surface area contributed by atoms with Gasteiger partial charge in [-0.15, -0.1) is 0 Å². The maximum absolute atomic E-state index is 10.4. The van der Waals surface area contributed by atoms with Crippen molar-refractivity contribution in [1.29, 1.82) is 0 Å². The number of hydrogen-bond acceptors (Lipinski definition) is 1. The summed E-state index contributed by atoms with van der Waals surface area (Å²) < 4.78 is 0. The van der Waals surface area contributed by atoms with Crippen molar-refractivity contribution in [2.75, 3.05) is 0 Å². The first-order valence-electron chi connectivity index (χ1n) is 6.73. The molecule has 0 bridgehead atoms. The zero-order valence-electron chi connectivity index (χ0n) is 11.1. The molecule has 3 aromatic rings. The molecule has 0 fully saturated rings. The first-order chi connectivity index (χ1) is 9.84. The summed E-state index contributed by atoms with van der Waals surface area (Å²) in [4.78, 5) is 0. The van der Waals surface area contributed by atoms with E-state index in [0.29, 0.717) is 0 Å². The van der Waals surface area contributed by atoms with Gasteiger partial charge in [0.25, 0.3) is 0 Å². The van der Waals surface area contributed by atoms with Crippen LogP contribution in [0.1, 0.15) is 0 Å². The predicted molar refractivity (Wildman–Crippen MR) is 85.6 cm³/mol. The molecule has 0 heterocycles. The van der Waals surface area contributed by atoms with E-state index in [9.17, 15) is 5.02 Å². The molecule has 3 rings (SSSR count). The van der Waals surface area contributed by atoms with Crippen molar-refractivity contribution in [2.24, 2.45) is 0 Å². The normalized spacial score (nSPS) is 10.2. The maximum atomic E-state index is 10.4. The summed E-state index contributed by atoms with van der Waals surface area (Å²) >= 11 is 0. The van der Waals surface area contributed by atoms with Crippen LogP contribution >= 0.6 is 0 Å². The highest BCUT2D eigenvalue weighted by atomic mass is 16.2. The summed E-state index contributed by atoms with van der Waals surface area (Å²) in [5.41, 5.74) is 4.18. The molecule has 0 radical (unpaired) electrons. The second-order valence-electron chi connectivity index (χ2n) is 4.80. The summed E-state index contributed by atoms with van der Waals surface area (Å²) in [6, 6.07) is 28.0. The fraction of sp³-hybridized carbons (Fsp3) is 0. The minimum Gasteiger partial charge on any atom is -0.443 e. The molecule has 0 saturated carbocycles. The topological polar surface area (TPSA) is 20.2 Å². The molecule has 0 aliphatic heterocycles. The molecule has 0 saturated heterocycles. The molecule has 20 heavy (non-hydrogen) atoms. The van der Waals surface area contributed by atoms with E-state index in [1.807, 2.05) is 60.7 Å². The third kappa shape index (κ3) is 2.66. The van der Waals surface area contributed by atoms with Crippen LogP contribution in [-0.4, -0.2) is 11.9 Å². The molecule has 0 aliphatic carbocycles. The van der Waals surface area contributed by atoms with E-state index in [-0.39, 0.29) is 0 Å². The minimum absolute atomic E-state index is 0.568. The van der Waals surface area contributed by atoms with Crippen molar-refractivity contribution in [3.63, 3.8) is 0 Å². The first-order valence-corrected chi connectivity index (χ1v) is 6.73. The van der Waals surface area contributed by atoms with Crippen molar-refractivity contribution in [3.8, 4) is 11.1 Å². The first kappa shape index (κ1) is 12.7. The second kappa shape index (κ2) is 5.76. The zero-order chi connectivity index (χ0) is 13.8. The van der Waals surface area contributed by atoms with E-state index < -0.39 is 6.92 Å². The van der Waals surface area contributed by atoms with Crippen molar-refractivity contribution in [1.82, 2.24) is 0 Å². The van der Waals surface area contributed by atoms with Gasteiger partial charge in [0.15, 0.2) is 0 Å². The van der Waals surface area contributed by atoms with Crippen LogP contribution in [0.25, 0.3) is 11.1 Å². The van der Waals surface area contributed by atoms with E-state index in [4.69, 9.17) is 0 Å². The SMILES string of the molecule is OB(c1ccccc1)c1ccc(-c2ccccc2)cc1. The van der Waals surface area contributed by atoms with Gasteiger partial charge in [0.05, 0.1) is 0 Å². The molecular weight excluding hydrogens is 243 g/mol. The van der Waals surface area contributed by atoms with Crippen molar-refractivity contribution < 1.29 is 5.02 Å². The lowest BCUT2D eigenvalue weighted by molar-refractivity contribution is 0.600. The fourth-order valence-electron chi connectivity index (χ4n) is 2.32. The number of benzene rings is 3. The molecule has 0 unspecified atom stereocenters. The Hall–Kier alpha value is -2.32. The summed E-state index contributed by atoms with van der Waals surface area (Å²) in [6.45, 7) is -0.568. The minimum atomic E-state index is -0.568. The smallest absolute Gasteiger partial charge is 0.358 e. The molecule has 1 N–H and O–H groups in total. The third-order valence-electron chi connectivity index (χ3n) is 3.45. The summed E-state index contributed by atoms with van der Waals surface area (Å²) in [5.74, 6) is 0. The number of rotatable bonds is 3. The molecule has 0 atom stereocenters. The molecule has 1 nitrogen and oxygen atoms in total. The predicted octanol–water partition coefficient (Wildman–Crippen LogP) is 2.45. The monoisotopic (exact) mass is 258 g/mol. The molecule has 96 valence electrons. The highest BCUT2D eigenvalue weighted by Gasteiger charge is 2.16. The van der Waals surface area contributed by atoms with Gasteiger partial charge in [-0.2, -0.15) is 0 Å². The van der Waals surface area contributed by atoms with Gasteiger partial charge < -0.3 is 5.02 Å². The Morgan fingerprint density at radius 2 is 0.950 bits per heavy atom. The highest BCUT2D eigenvalue weighted by molar-refractivity contribution is 6.78. The lowest BCUT2D eigenvalue weighted by atomic mass is 9.56. The molecular formula is C18H15BO. The van der Waals surface area contributed by atoms with Crippen molar-refractivity contribution in [2.45, 2.75) is 0 Å². The van der Waals surface area contributed by atoms with Crippen LogP contribution in [0.5, 0.6) is 0 Å². The molecule has 0 aliphatic rings. The second-order valence-corrected chi connectivity index (χ2v) is 4.80. The Bertz CT molecular complexity index is 663. The summed E-state index contributed by atoms with van der Waals surface area (Å²) in [6.07, 6.45) is 0. The van der Waals surface area contributed by atoms with Gasteiger partial charge in [-0.25, -0.2) is 0 Å². The fourth-order valence-corrected chi connectivity index (χ4v) is 2.32. The quantitative estimate of drug-likeness (QED) is 0.715. The molecule has 0 spiro atoms. The van der Waals surface area contributed by atoms with E-state index >= 15 is 0 Å². The van der Waals surface area contributed by atoms with Crippen LogP contribution in [0.15, 0.2) is 84.9 Å².